The topological polar surface area (TPSA) is 107 Å². The molecule has 0 aromatic heterocycles. The number of phenols is 1. The van der Waals surface area contributed by atoms with Gasteiger partial charge in [-0.05, 0) is 24.3 Å². The van der Waals surface area contributed by atoms with Crippen LogP contribution in [-0.2, 0) is 19.3 Å². The van der Waals surface area contributed by atoms with E-state index in [2.05, 4.69) is 9.47 Å². The molecule has 2 aromatic rings. The Balaban J connectivity index is 0.000000387. The van der Waals surface area contributed by atoms with Crippen molar-refractivity contribution in [2.45, 2.75) is 0 Å². The Bertz CT molecular complexity index is 791. The van der Waals surface area contributed by atoms with Gasteiger partial charge in [-0.1, -0.05) is 30.3 Å². The second-order valence-electron chi connectivity index (χ2n) is 5.01. The van der Waals surface area contributed by atoms with Crippen molar-refractivity contribution in [2.75, 3.05) is 26.7 Å². The Labute approximate surface area is 153 Å². The summed E-state index contributed by atoms with van der Waals surface area (Å²) in [5.41, 5.74) is 0.778. The summed E-state index contributed by atoms with van der Waals surface area (Å²) in [5, 5.41) is 9.11. The lowest BCUT2D eigenvalue weighted by Gasteiger charge is -1.99. The van der Waals surface area contributed by atoms with Crippen LogP contribution in [0, 0.1) is 0 Å². The van der Waals surface area contributed by atoms with E-state index in [1.165, 1.54) is 26.4 Å². The second kappa shape index (κ2) is 11.6. The molecule has 1 N–H and O–H groups in total. The van der Waals surface area contributed by atoms with E-state index in [4.69, 9.17) is 5.11 Å². The minimum Gasteiger partial charge on any atom is -0.507 e. The van der Waals surface area contributed by atoms with Gasteiger partial charge in [-0.2, -0.15) is 0 Å². The van der Waals surface area contributed by atoms with Crippen LogP contribution in [0.1, 0.15) is 20.7 Å². The molecule has 2 aromatic carbocycles. The Morgan fingerprint density at radius 1 is 0.808 bits per heavy atom. The summed E-state index contributed by atoms with van der Waals surface area (Å²) in [7, 11) is -0.0237. The molecule has 0 heterocycles. The van der Waals surface area contributed by atoms with E-state index in [9.17, 15) is 18.0 Å². The average molecular weight is 382 g/mol. The first-order valence-corrected chi connectivity index (χ1v) is 9.54. The van der Waals surface area contributed by atoms with E-state index in [-0.39, 0.29) is 17.3 Å². The summed E-state index contributed by atoms with van der Waals surface area (Å²) >= 11 is 0. The molecule has 0 spiro atoms. The molecule has 0 saturated heterocycles. The molecule has 0 aliphatic carbocycles. The van der Waals surface area contributed by atoms with Crippen molar-refractivity contribution in [2.24, 2.45) is 0 Å². The van der Waals surface area contributed by atoms with Crippen LogP contribution < -0.4 is 0 Å². The smallest absolute Gasteiger partial charge is 0.341 e. The zero-order valence-electron chi connectivity index (χ0n) is 15.0. The summed E-state index contributed by atoms with van der Waals surface area (Å²) in [5.74, 6) is -0.872. The van der Waals surface area contributed by atoms with E-state index in [1.807, 2.05) is 6.07 Å². The van der Waals surface area contributed by atoms with Crippen molar-refractivity contribution in [1.82, 2.24) is 0 Å². The van der Waals surface area contributed by atoms with E-state index >= 15 is 0 Å². The molecule has 7 nitrogen and oxygen atoms in total. The largest absolute Gasteiger partial charge is 0.507 e. The number of carbonyl (C=O) groups is 2. The number of hydrogen-bond donors (Lipinski definition) is 1. The summed E-state index contributed by atoms with van der Waals surface area (Å²) < 4.78 is 28.2. The van der Waals surface area contributed by atoms with Crippen molar-refractivity contribution in [1.29, 1.82) is 0 Å². The fraction of sp³-hybridized carbons (Fsp3) is 0.222. The number of carbonyl (C=O) groups excluding carboxylic acids is 2. The van der Waals surface area contributed by atoms with Crippen LogP contribution in [-0.4, -0.2) is 52.2 Å². The van der Waals surface area contributed by atoms with Gasteiger partial charge in [-0.3, -0.25) is 0 Å². The number of para-hydroxylation sites is 1. The van der Waals surface area contributed by atoms with Crippen LogP contribution in [0.2, 0.25) is 0 Å². The third-order valence-electron chi connectivity index (χ3n) is 2.50. The van der Waals surface area contributed by atoms with Gasteiger partial charge in [-0.15, -0.1) is 0 Å². The zero-order valence-corrected chi connectivity index (χ0v) is 15.8. The summed E-state index contributed by atoms with van der Waals surface area (Å²) in [6, 6.07) is 15.1. The molecule has 2 rings (SSSR count). The molecule has 0 unspecified atom stereocenters. The van der Waals surface area contributed by atoms with Gasteiger partial charge in [0.1, 0.15) is 21.2 Å². The molecular weight excluding hydrogens is 360 g/mol. The maximum absolute atomic E-state index is 10.9. The summed E-state index contributed by atoms with van der Waals surface area (Å²) in [6.45, 7) is 0. The van der Waals surface area contributed by atoms with Crippen LogP contribution >= 0.6 is 0 Å². The molecule has 0 amide bonds. The molecule has 0 radical (unpaired) electrons. The normalized spacial score (nSPS) is 9.54. The predicted octanol–water partition coefficient (Wildman–Crippen LogP) is 2.31. The quantitative estimate of drug-likeness (QED) is 0.794. The number of benzene rings is 2. The van der Waals surface area contributed by atoms with Gasteiger partial charge in [0.25, 0.3) is 0 Å². The van der Waals surface area contributed by atoms with Crippen LogP contribution in [0.15, 0.2) is 54.6 Å². The Hall–Kier alpha value is -2.87. The molecule has 26 heavy (non-hydrogen) atoms. The van der Waals surface area contributed by atoms with Crippen LogP contribution in [0.25, 0.3) is 0 Å². The van der Waals surface area contributed by atoms with Crippen molar-refractivity contribution in [3.05, 3.63) is 65.7 Å². The molecule has 142 valence electrons. The molecule has 0 saturated carbocycles. The number of phenolic OH excluding ortho intramolecular Hbond substituents is 1. The minimum atomic E-state index is -2.67. The van der Waals surface area contributed by atoms with Gasteiger partial charge >= 0.3 is 11.9 Å². The van der Waals surface area contributed by atoms with Gasteiger partial charge in [0.2, 0.25) is 0 Å². The molecule has 0 atom stereocenters. The van der Waals surface area contributed by atoms with Crippen LogP contribution in [0.5, 0.6) is 5.75 Å². The van der Waals surface area contributed by atoms with Gasteiger partial charge < -0.3 is 14.6 Å². The van der Waals surface area contributed by atoms with Crippen molar-refractivity contribution in [3.63, 3.8) is 0 Å². The first-order chi connectivity index (χ1) is 12.1. The SMILES string of the molecule is COC(=O)c1ccccc1.COC(=O)c1ccccc1O.CS(C)(=O)=O. The van der Waals surface area contributed by atoms with Gasteiger partial charge in [-0.25, -0.2) is 18.0 Å². The molecular formula is C18H22O7S. The average Bonchev–Trinajstić information content (AvgIpc) is 2.60. The maximum Gasteiger partial charge on any atom is 0.341 e. The third-order valence-corrected chi connectivity index (χ3v) is 2.50. The number of rotatable bonds is 2. The number of ether oxygens (including phenoxy) is 2. The lowest BCUT2D eigenvalue weighted by atomic mass is 10.2. The molecule has 0 aliphatic rings. The van der Waals surface area contributed by atoms with Crippen LogP contribution in [0.3, 0.4) is 0 Å². The number of esters is 2. The van der Waals surface area contributed by atoms with Gasteiger partial charge in [0.15, 0.2) is 0 Å². The lowest BCUT2D eigenvalue weighted by Crippen LogP contribution is -2.00. The highest BCUT2D eigenvalue weighted by molar-refractivity contribution is 7.89. The number of hydrogen-bond acceptors (Lipinski definition) is 7. The predicted molar refractivity (Wildman–Crippen MR) is 98.0 cm³/mol. The highest BCUT2D eigenvalue weighted by Crippen LogP contribution is 2.15. The van der Waals surface area contributed by atoms with E-state index in [0.29, 0.717) is 5.56 Å². The third kappa shape index (κ3) is 10.8. The Morgan fingerprint density at radius 2 is 1.23 bits per heavy atom. The number of sulfone groups is 1. The standard InChI is InChI=1S/C8H8O3.C8H8O2.C2H6O2S/c1-11-8(10)6-4-2-3-5-7(6)9;1-10-8(9)7-5-3-2-4-6-7;1-5(2,3)4/h2-5,9H,1H3;2-6H,1H3;1-2H3. The fourth-order valence-corrected chi connectivity index (χ4v) is 1.45. The fourth-order valence-electron chi connectivity index (χ4n) is 1.45. The highest BCUT2D eigenvalue weighted by atomic mass is 32.2. The molecule has 0 aliphatic heterocycles. The number of aromatic hydroxyl groups is 1. The minimum absolute atomic E-state index is 0.0562. The number of methoxy groups -OCH3 is 2. The van der Waals surface area contributed by atoms with Gasteiger partial charge in [0.05, 0.1) is 19.8 Å². The van der Waals surface area contributed by atoms with Crippen molar-refractivity contribution < 1.29 is 32.6 Å². The van der Waals surface area contributed by atoms with Crippen molar-refractivity contribution in [3.8, 4) is 5.75 Å². The van der Waals surface area contributed by atoms with E-state index in [0.717, 1.165) is 12.5 Å². The maximum atomic E-state index is 10.9. The Kier molecular flexibility index (Phi) is 10.4. The van der Waals surface area contributed by atoms with Crippen molar-refractivity contribution >= 4 is 21.8 Å². The van der Waals surface area contributed by atoms with E-state index < -0.39 is 15.8 Å². The highest BCUT2D eigenvalue weighted by Gasteiger charge is 2.08. The van der Waals surface area contributed by atoms with E-state index in [1.54, 1.807) is 36.4 Å². The summed E-state index contributed by atoms with van der Waals surface area (Å²) in [6.07, 6.45) is 2.32. The molecule has 8 heteroatoms. The molecule has 0 fully saturated rings. The van der Waals surface area contributed by atoms with Crippen LogP contribution in [0.4, 0.5) is 0 Å². The van der Waals surface area contributed by atoms with Gasteiger partial charge in [0, 0.05) is 12.5 Å². The Morgan fingerprint density at radius 3 is 1.65 bits per heavy atom. The molecule has 0 bridgehead atoms. The first kappa shape index (κ1) is 23.1. The second-order valence-corrected chi connectivity index (χ2v) is 7.30. The summed E-state index contributed by atoms with van der Waals surface area (Å²) in [4.78, 5) is 21.6. The lowest BCUT2D eigenvalue weighted by molar-refractivity contribution is 0.0590. The zero-order chi connectivity index (χ0) is 20.2. The first-order valence-electron chi connectivity index (χ1n) is 7.24. The monoisotopic (exact) mass is 382 g/mol.